The number of amides is 1. The Morgan fingerprint density at radius 1 is 1.28 bits per heavy atom. The van der Waals surface area contributed by atoms with Gasteiger partial charge in [0.1, 0.15) is 5.69 Å². The van der Waals surface area contributed by atoms with Crippen molar-refractivity contribution in [1.82, 2.24) is 4.98 Å². The van der Waals surface area contributed by atoms with Crippen LogP contribution in [0.5, 0.6) is 5.75 Å². The Labute approximate surface area is 121 Å². The minimum absolute atomic E-state index is 0.0745. The number of hydrogen-bond acceptors (Lipinski definition) is 2. The summed E-state index contributed by atoms with van der Waals surface area (Å²) in [4.78, 5) is 14.6. The molecule has 2 aromatic rings. The van der Waals surface area contributed by atoms with Gasteiger partial charge >= 0.3 is 0 Å². The molecule has 0 atom stereocenters. The van der Waals surface area contributed by atoms with Crippen LogP contribution in [0.25, 0.3) is 0 Å². The Hall–Kier alpha value is -1.17. The van der Waals surface area contributed by atoms with Gasteiger partial charge in [0.05, 0.1) is 10.0 Å². The Morgan fingerprint density at radius 3 is 2.39 bits per heavy atom. The lowest BCUT2D eigenvalue weighted by molar-refractivity contribution is 0.102. The SMILES string of the molecule is O=C(Nc1cc(Cl)c(O)c(Cl)c1)c1cc(Br)c[nH]1. The van der Waals surface area contributed by atoms with Crippen LogP contribution in [0.15, 0.2) is 28.9 Å². The van der Waals surface area contributed by atoms with Gasteiger partial charge in [0.25, 0.3) is 5.91 Å². The molecule has 2 rings (SSSR count). The van der Waals surface area contributed by atoms with Gasteiger partial charge in [0.15, 0.2) is 5.75 Å². The summed E-state index contributed by atoms with van der Waals surface area (Å²) in [5.41, 5.74) is 0.792. The predicted molar refractivity (Wildman–Crippen MR) is 74.6 cm³/mol. The van der Waals surface area contributed by atoms with Gasteiger partial charge in [-0.15, -0.1) is 0 Å². The molecule has 1 heterocycles. The number of hydrogen-bond donors (Lipinski definition) is 3. The molecule has 1 amide bonds. The molecule has 0 saturated carbocycles. The molecule has 1 aromatic carbocycles. The zero-order valence-corrected chi connectivity index (χ0v) is 11.9. The molecule has 7 heteroatoms. The van der Waals surface area contributed by atoms with E-state index >= 15 is 0 Å². The molecule has 0 fully saturated rings. The molecule has 3 N–H and O–H groups in total. The minimum Gasteiger partial charge on any atom is -0.505 e. The third-order valence-corrected chi connectivity index (χ3v) is 3.20. The van der Waals surface area contributed by atoms with Crippen LogP contribution in [0.4, 0.5) is 5.69 Å². The van der Waals surface area contributed by atoms with Crippen molar-refractivity contribution < 1.29 is 9.90 Å². The molecular formula is C11H7BrCl2N2O2. The molecule has 0 aliphatic rings. The number of H-pyrrole nitrogens is 1. The monoisotopic (exact) mass is 348 g/mol. The number of carbonyl (C=O) groups excluding carboxylic acids is 1. The smallest absolute Gasteiger partial charge is 0.272 e. The number of rotatable bonds is 2. The number of aromatic amines is 1. The van der Waals surface area contributed by atoms with Crippen LogP contribution >= 0.6 is 39.1 Å². The number of benzene rings is 1. The Balaban J connectivity index is 2.22. The predicted octanol–water partition coefficient (Wildman–Crippen LogP) is 4.04. The van der Waals surface area contributed by atoms with Crippen molar-refractivity contribution in [1.29, 1.82) is 0 Å². The lowest BCUT2D eigenvalue weighted by Crippen LogP contribution is -2.12. The summed E-state index contributed by atoms with van der Waals surface area (Å²) in [5.74, 6) is -0.544. The summed E-state index contributed by atoms with van der Waals surface area (Å²) in [6, 6.07) is 4.47. The number of aromatic nitrogens is 1. The summed E-state index contributed by atoms with van der Waals surface area (Å²) in [6.45, 7) is 0. The first-order valence-electron chi connectivity index (χ1n) is 4.80. The largest absolute Gasteiger partial charge is 0.505 e. The highest BCUT2D eigenvalue weighted by Crippen LogP contribution is 2.34. The number of phenols is 1. The van der Waals surface area contributed by atoms with Crippen LogP contribution in [0.3, 0.4) is 0 Å². The number of anilines is 1. The first kappa shape index (κ1) is 13.3. The average Bonchev–Trinajstić information content (AvgIpc) is 2.72. The van der Waals surface area contributed by atoms with Gasteiger partial charge in [-0.05, 0) is 34.1 Å². The van der Waals surface area contributed by atoms with E-state index in [2.05, 4.69) is 26.2 Å². The summed E-state index contributed by atoms with van der Waals surface area (Å²) < 4.78 is 0.773. The molecule has 0 radical (unpaired) electrons. The third kappa shape index (κ3) is 2.80. The molecule has 0 bridgehead atoms. The molecule has 0 unspecified atom stereocenters. The van der Waals surface area contributed by atoms with Crippen LogP contribution < -0.4 is 5.32 Å². The number of phenolic OH excluding ortho intramolecular Hbond substituents is 1. The molecule has 4 nitrogen and oxygen atoms in total. The number of halogens is 3. The Kier molecular flexibility index (Phi) is 3.85. The van der Waals surface area contributed by atoms with Crippen molar-refractivity contribution >= 4 is 50.7 Å². The van der Waals surface area contributed by atoms with Gasteiger partial charge in [-0.2, -0.15) is 0 Å². The quantitative estimate of drug-likeness (QED) is 0.716. The second kappa shape index (κ2) is 5.22. The summed E-state index contributed by atoms with van der Waals surface area (Å²) in [7, 11) is 0. The summed E-state index contributed by atoms with van der Waals surface area (Å²) in [5, 5.41) is 12.2. The average molecular weight is 350 g/mol. The molecule has 94 valence electrons. The highest BCUT2D eigenvalue weighted by molar-refractivity contribution is 9.10. The lowest BCUT2D eigenvalue weighted by Gasteiger charge is -2.06. The molecule has 0 saturated heterocycles. The maximum Gasteiger partial charge on any atom is 0.272 e. The van der Waals surface area contributed by atoms with Crippen molar-refractivity contribution in [2.75, 3.05) is 5.32 Å². The molecular weight excluding hydrogens is 343 g/mol. The molecule has 0 spiro atoms. The van der Waals surface area contributed by atoms with Crippen molar-refractivity contribution in [3.63, 3.8) is 0 Å². The van der Waals surface area contributed by atoms with E-state index in [1.54, 1.807) is 12.3 Å². The number of carbonyl (C=O) groups is 1. The topological polar surface area (TPSA) is 65.1 Å². The van der Waals surface area contributed by atoms with E-state index in [-0.39, 0.29) is 21.7 Å². The van der Waals surface area contributed by atoms with Crippen LogP contribution in [0, 0.1) is 0 Å². The van der Waals surface area contributed by atoms with Crippen molar-refractivity contribution in [2.24, 2.45) is 0 Å². The molecule has 1 aromatic heterocycles. The van der Waals surface area contributed by atoms with E-state index < -0.39 is 0 Å². The molecule has 0 aliphatic heterocycles. The van der Waals surface area contributed by atoms with Gasteiger partial charge < -0.3 is 15.4 Å². The van der Waals surface area contributed by atoms with E-state index in [4.69, 9.17) is 23.2 Å². The highest BCUT2D eigenvalue weighted by Gasteiger charge is 2.11. The second-order valence-corrected chi connectivity index (χ2v) is 5.20. The zero-order valence-electron chi connectivity index (χ0n) is 8.80. The van der Waals surface area contributed by atoms with Gasteiger partial charge in [-0.3, -0.25) is 4.79 Å². The minimum atomic E-state index is -0.335. The second-order valence-electron chi connectivity index (χ2n) is 3.47. The van der Waals surface area contributed by atoms with Crippen LogP contribution in [0.1, 0.15) is 10.5 Å². The number of aromatic hydroxyl groups is 1. The van der Waals surface area contributed by atoms with Crippen molar-refractivity contribution in [3.05, 3.63) is 44.6 Å². The fourth-order valence-electron chi connectivity index (χ4n) is 1.34. The molecule has 0 aliphatic carbocycles. The lowest BCUT2D eigenvalue weighted by atomic mass is 10.3. The van der Waals surface area contributed by atoms with Crippen molar-refractivity contribution in [2.45, 2.75) is 0 Å². The summed E-state index contributed by atoms with van der Waals surface area (Å²) >= 11 is 14.7. The summed E-state index contributed by atoms with van der Waals surface area (Å²) in [6.07, 6.45) is 1.64. The first-order chi connectivity index (χ1) is 8.47. The fraction of sp³-hybridized carbons (Fsp3) is 0. The maximum atomic E-state index is 11.8. The van der Waals surface area contributed by atoms with Crippen LogP contribution in [-0.4, -0.2) is 16.0 Å². The normalized spacial score (nSPS) is 10.4. The highest BCUT2D eigenvalue weighted by atomic mass is 79.9. The fourth-order valence-corrected chi connectivity index (χ4v) is 2.17. The van der Waals surface area contributed by atoms with E-state index in [9.17, 15) is 9.90 Å². The number of nitrogens with one attached hydrogen (secondary N) is 2. The van der Waals surface area contributed by atoms with E-state index in [0.29, 0.717) is 11.4 Å². The van der Waals surface area contributed by atoms with Gasteiger partial charge in [0.2, 0.25) is 0 Å². The zero-order chi connectivity index (χ0) is 13.3. The van der Waals surface area contributed by atoms with Crippen LogP contribution in [-0.2, 0) is 0 Å². The van der Waals surface area contributed by atoms with E-state index in [1.807, 2.05) is 0 Å². The van der Waals surface area contributed by atoms with Crippen molar-refractivity contribution in [3.8, 4) is 5.75 Å². The van der Waals surface area contributed by atoms with E-state index in [0.717, 1.165) is 4.47 Å². The first-order valence-corrected chi connectivity index (χ1v) is 6.35. The Bertz CT molecular complexity index is 590. The van der Waals surface area contributed by atoms with Gasteiger partial charge in [0, 0.05) is 16.4 Å². The van der Waals surface area contributed by atoms with Gasteiger partial charge in [-0.25, -0.2) is 0 Å². The Morgan fingerprint density at radius 2 is 1.89 bits per heavy atom. The maximum absolute atomic E-state index is 11.8. The molecule has 18 heavy (non-hydrogen) atoms. The standard InChI is InChI=1S/C11H7BrCl2N2O2/c12-5-1-9(15-4-5)11(18)16-6-2-7(13)10(17)8(14)3-6/h1-4,15,17H,(H,16,18). The third-order valence-electron chi connectivity index (χ3n) is 2.17. The van der Waals surface area contributed by atoms with Crippen LogP contribution in [0.2, 0.25) is 10.0 Å². The van der Waals surface area contributed by atoms with Gasteiger partial charge in [-0.1, -0.05) is 23.2 Å². The van der Waals surface area contributed by atoms with E-state index in [1.165, 1.54) is 12.1 Å².